The maximum atomic E-state index is 12.6. The van der Waals surface area contributed by atoms with Crippen LogP contribution in [0.15, 0.2) is 78.1 Å². The van der Waals surface area contributed by atoms with Crippen molar-refractivity contribution in [3.8, 4) is 0 Å². The molecule has 2 aromatic heterocycles. The molecule has 1 unspecified atom stereocenters. The summed E-state index contributed by atoms with van der Waals surface area (Å²) >= 11 is 0. The lowest BCUT2D eigenvalue weighted by Gasteiger charge is -2.20. The van der Waals surface area contributed by atoms with Crippen LogP contribution in [0.1, 0.15) is 17.3 Å². The van der Waals surface area contributed by atoms with Gasteiger partial charge in [0.1, 0.15) is 0 Å². The Morgan fingerprint density at radius 3 is 2.35 bits per heavy atom. The molecule has 0 bridgehead atoms. The largest absolute Gasteiger partial charge is 0.353 e. The van der Waals surface area contributed by atoms with Crippen LogP contribution in [0.4, 0.5) is 0 Å². The lowest BCUT2D eigenvalue weighted by molar-refractivity contribution is 0.563. The second kappa shape index (κ2) is 6.36. The van der Waals surface area contributed by atoms with E-state index < -0.39 is 16.1 Å². The van der Waals surface area contributed by atoms with Crippen LogP contribution in [0.2, 0.25) is 0 Å². The van der Waals surface area contributed by atoms with Crippen LogP contribution in [0.25, 0.3) is 0 Å². The van der Waals surface area contributed by atoms with Gasteiger partial charge in [0, 0.05) is 25.1 Å². The molecule has 0 spiro atoms. The molecule has 0 amide bonds. The van der Waals surface area contributed by atoms with Crippen molar-refractivity contribution in [1.29, 1.82) is 0 Å². The number of aromatic nitrogens is 2. The molecule has 0 radical (unpaired) electrons. The zero-order valence-corrected chi connectivity index (χ0v) is 13.4. The number of rotatable bonds is 5. The minimum atomic E-state index is -3.72. The van der Waals surface area contributed by atoms with Gasteiger partial charge in [-0.1, -0.05) is 36.4 Å². The fourth-order valence-corrected chi connectivity index (χ4v) is 3.59. The molecule has 1 atom stereocenters. The normalized spacial score (nSPS) is 12.9. The molecule has 1 aromatic carbocycles. The molecule has 0 fully saturated rings. The van der Waals surface area contributed by atoms with Gasteiger partial charge in [-0.15, -0.1) is 0 Å². The third kappa shape index (κ3) is 3.33. The Morgan fingerprint density at radius 1 is 1.00 bits per heavy atom. The fraction of sp³-hybridized carbons (Fsp3) is 0.118. The maximum Gasteiger partial charge on any atom is 0.258 e. The molecule has 0 saturated heterocycles. The fourth-order valence-electron chi connectivity index (χ4n) is 2.44. The van der Waals surface area contributed by atoms with Gasteiger partial charge in [0.2, 0.25) is 0 Å². The highest BCUT2D eigenvalue weighted by atomic mass is 32.2. The van der Waals surface area contributed by atoms with E-state index in [0.29, 0.717) is 0 Å². The van der Waals surface area contributed by atoms with E-state index in [1.807, 2.05) is 60.3 Å². The summed E-state index contributed by atoms with van der Waals surface area (Å²) in [5.41, 5.74) is 1.73. The smallest absolute Gasteiger partial charge is 0.258 e. The van der Waals surface area contributed by atoms with Crippen LogP contribution in [-0.4, -0.2) is 18.0 Å². The summed E-state index contributed by atoms with van der Waals surface area (Å²) in [6.45, 7) is 0. The van der Waals surface area contributed by atoms with Crippen molar-refractivity contribution in [3.05, 3.63) is 84.3 Å². The van der Waals surface area contributed by atoms with E-state index >= 15 is 0 Å². The molecule has 0 aliphatic carbocycles. The van der Waals surface area contributed by atoms with E-state index in [2.05, 4.69) is 9.71 Å². The second-order valence-corrected chi connectivity index (χ2v) is 6.84. The van der Waals surface area contributed by atoms with Crippen LogP contribution in [0.5, 0.6) is 0 Å². The van der Waals surface area contributed by atoms with Gasteiger partial charge in [-0.25, -0.2) is 13.4 Å². The zero-order chi connectivity index (χ0) is 16.3. The summed E-state index contributed by atoms with van der Waals surface area (Å²) in [4.78, 5) is 3.94. The predicted molar refractivity (Wildman–Crippen MR) is 88.3 cm³/mol. The van der Waals surface area contributed by atoms with E-state index in [9.17, 15) is 8.42 Å². The Balaban J connectivity index is 2.02. The van der Waals surface area contributed by atoms with Gasteiger partial charge < -0.3 is 4.57 Å². The van der Waals surface area contributed by atoms with E-state index in [1.165, 1.54) is 12.3 Å². The third-order valence-corrected chi connectivity index (χ3v) is 4.94. The highest BCUT2D eigenvalue weighted by molar-refractivity contribution is 7.89. The van der Waals surface area contributed by atoms with Crippen LogP contribution < -0.4 is 4.72 Å². The molecule has 3 rings (SSSR count). The maximum absolute atomic E-state index is 12.6. The quantitative estimate of drug-likeness (QED) is 0.783. The molecule has 2 heterocycles. The number of hydrogen-bond acceptors (Lipinski definition) is 3. The van der Waals surface area contributed by atoms with Crippen molar-refractivity contribution in [2.45, 2.75) is 11.1 Å². The molecule has 0 aliphatic rings. The molecule has 5 nitrogen and oxygen atoms in total. The van der Waals surface area contributed by atoms with Crippen molar-refractivity contribution in [2.24, 2.45) is 7.05 Å². The first-order chi connectivity index (χ1) is 11.1. The Kier molecular flexibility index (Phi) is 4.27. The van der Waals surface area contributed by atoms with Gasteiger partial charge in [0.15, 0.2) is 5.03 Å². The van der Waals surface area contributed by atoms with E-state index in [0.717, 1.165) is 11.3 Å². The molecular weight excluding hydrogens is 310 g/mol. The number of benzene rings is 1. The van der Waals surface area contributed by atoms with Crippen molar-refractivity contribution in [2.75, 3.05) is 0 Å². The van der Waals surface area contributed by atoms with E-state index in [1.54, 1.807) is 12.1 Å². The lowest BCUT2D eigenvalue weighted by Crippen LogP contribution is -2.31. The topological polar surface area (TPSA) is 64.0 Å². The molecule has 0 saturated carbocycles. The van der Waals surface area contributed by atoms with Gasteiger partial charge in [-0.2, -0.15) is 4.72 Å². The van der Waals surface area contributed by atoms with Crippen LogP contribution >= 0.6 is 0 Å². The molecule has 118 valence electrons. The van der Waals surface area contributed by atoms with Crippen LogP contribution in [-0.2, 0) is 17.1 Å². The van der Waals surface area contributed by atoms with Crippen molar-refractivity contribution in [1.82, 2.24) is 14.3 Å². The summed E-state index contributed by atoms with van der Waals surface area (Å²) < 4.78 is 29.9. The first kappa shape index (κ1) is 15.5. The molecule has 23 heavy (non-hydrogen) atoms. The first-order valence-corrected chi connectivity index (χ1v) is 8.66. The van der Waals surface area contributed by atoms with Gasteiger partial charge in [0.05, 0.1) is 6.04 Å². The average molecular weight is 327 g/mol. The van der Waals surface area contributed by atoms with E-state index in [4.69, 9.17) is 0 Å². The summed E-state index contributed by atoms with van der Waals surface area (Å²) in [5.74, 6) is 0. The van der Waals surface area contributed by atoms with Gasteiger partial charge >= 0.3 is 0 Å². The molecule has 0 aliphatic heterocycles. The number of pyridine rings is 1. The van der Waals surface area contributed by atoms with Crippen molar-refractivity contribution in [3.63, 3.8) is 0 Å². The Bertz CT molecular complexity index is 874. The first-order valence-electron chi connectivity index (χ1n) is 7.17. The van der Waals surface area contributed by atoms with Gasteiger partial charge in [-0.3, -0.25) is 0 Å². The number of nitrogens with zero attached hydrogens (tertiary/aromatic N) is 2. The number of sulfonamides is 1. The zero-order valence-electron chi connectivity index (χ0n) is 12.6. The Morgan fingerprint density at radius 2 is 1.74 bits per heavy atom. The SMILES string of the molecule is Cn1cccc1C(NS(=O)(=O)c1ccccn1)c1ccccc1. The highest BCUT2D eigenvalue weighted by Crippen LogP contribution is 2.24. The summed E-state index contributed by atoms with van der Waals surface area (Å²) in [7, 11) is -1.84. The van der Waals surface area contributed by atoms with Crippen LogP contribution in [0, 0.1) is 0 Å². The minimum Gasteiger partial charge on any atom is -0.353 e. The second-order valence-electron chi connectivity index (χ2n) is 5.18. The molecular formula is C17H17N3O2S. The highest BCUT2D eigenvalue weighted by Gasteiger charge is 2.25. The van der Waals surface area contributed by atoms with E-state index in [-0.39, 0.29) is 5.03 Å². The molecule has 3 aromatic rings. The Labute approximate surface area is 135 Å². The lowest BCUT2D eigenvalue weighted by atomic mass is 10.1. The number of hydrogen-bond donors (Lipinski definition) is 1. The Hall–Kier alpha value is -2.44. The molecule has 1 N–H and O–H groups in total. The summed E-state index contributed by atoms with van der Waals surface area (Å²) in [5, 5.41) is 0.00939. The van der Waals surface area contributed by atoms with Crippen molar-refractivity contribution >= 4 is 10.0 Å². The molecule has 6 heteroatoms. The predicted octanol–water partition coefficient (Wildman–Crippen LogP) is 2.49. The standard InChI is InChI=1S/C17H17N3O2S/c1-20-13-7-10-15(20)17(14-8-3-2-4-9-14)19-23(21,22)16-11-5-6-12-18-16/h2-13,17,19H,1H3. The minimum absolute atomic E-state index is 0.00939. The van der Waals surface area contributed by atoms with Crippen molar-refractivity contribution < 1.29 is 8.42 Å². The van der Waals surface area contributed by atoms with Gasteiger partial charge in [-0.05, 0) is 29.8 Å². The summed E-state index contributed by atoms with van der Waals surface area (Å²) in [6.07, 6.45) is 3.36. The average Bonchev–Trinajstić information content (AvgIpc) is 3.00. The number of nitrogens with one attached hydrogen (secondary N) is 1. The number of aryl methyl sites for hydroxylation is 1. The third-order valence-electron chi connectivity index (χ3n) is 3.60. The summed E-state index contributed by atoms with van der Waals surface area (Å²) in [6, 6.07) is 17.6. The monoisotopic (exact) mass is 327 g/mol. The van der Waals surface area contributed by atoms with Gasteiger partial charge in [0.25, 0.3) is 10.0 Å². The van der Waals surface area contributed by atoms with Crippen LogP contribution in [0.3, 0.4) is 0 Å².